The van der Waals surface area contributed by atoms with Gasteiger partial charge in [-0.05, 0) is 25.7 Å². The molecule has 1 N–H and O–H groups in total. The number of aromatic nitrogens is 2. The number of nitrogens with one attached hydrogen (secondary N) is 1. The van der Waals surface area contributed by atoms with E-state index in [2.05, 4.69) is 22.4 Å². The van der Waals surface area contributed by atoms with Gasteiger partial charge in [-0.2, -0.15) is 4.98 Å². The fourth-order valence-corrected chi connectivity index (χ4v) is 1.94. The van der Waals surface area contributed by atoms with Crippen molar-refractivity contribution in [1.29, 1.82) is 0 Å². The van der Waals surface area contributed by atoms with Crippen LogP contribution in [0.5, 0.6) is 0 Å². The Labute approximate surface area is 84.1 Å². The Morgan fingerprint density at radius 2 is 2.29 bits per heavy atom. The SMILES string of the molecule is CCC1(NCc2noc(C)n2)CCC1. The van der Waals surface area contributed by atoms with Gasteiger partial charge in [-0.25, -0.2) is 0 Å². The van der Waals surface area contributed by atoms with E-state index >= 15 is 0 Å². The van der Waals surface area contributed by atoms with Crippen LogP contribution in [0.4, 0.5) is 0 Å². The lowest BCUT2D eigenvalue weighted by molar-refractivity contribution is 0.173. The first-order chi connectivity index (χ1) is 6.74. The van der Waals surface area contributed by atoms with Gasteiger partial charge in [0.05, 0.1) is 6.54 Å². The molecule has 1 fully saturated rings. The quantitative estimate of drug-likeness (QED) is 0.796. The minimum Gasteiger partial charge on any atom is -0.340 e. The normalized spacial score (nSPS) is 19.3. The molecule has 1 aromatic rings. The summed E-state index contributed by atoms with van der Waals surface area (Å²) in [6.07, 6.45) is 5.08. The van der Waals surface area contributed by atoms with Crippen LogP contribution in [0.3, 0.4) is 0 Å². The van der Waals surface area contributed by atoms with Crippen molar-refractivity contribution in [2.24, 2.45) is 0 Å². The minimum absolute atomic E-state index is 0.356. The summed E-state index contributed by atoms with van der Waals surface area (Å²) in [6.45, 7) is 4.77. The van der Waals surface area contributed by atoms with Crippen LogP contribution in [0.15, 0.2) is 4.52 Å². The third-order valence-corrected chi connectivity index (χ3v) is 3.18. The molecular weight excluding hydrogens is 178 g/mol. The van der Waals surface area contributed by atoms with Crippen LogP contribution in [0, 0.1) is 6.92 Å². The van der Waals surface area contributed by atoms with Crippen molar-refractivity contribution >= 4 is 0 Å². The van der Waals surface area contributed by atoms with Gasteiger partial charge in [0.15, 0.2) is 5.82 Å². The Hall–Kier alpha value is -0.900. The standard InChI is InChI=1S/C10H17N3O/c1-3-10(5-4-6-10)11-7-9-12-8(2)14-13-9/h11H,3-7H2,1-2H3. The topological polar surface area (TPSA) is 51.0 Å². The molecule has 14 heavy (non-hydrogen) atoms. The van der Waals surface area contributed by atoms with Crippen LogP contribution in [0.25, 0.3) is 0 Å². The lowest BCUT2D eigenvalue weighted by Crippen LogP contribution is -2.50. The third kappa shape index (κ3) is 1.80. The average Bonchev–Trinajstić information content (AvgIpc) is 2.50. The maximum atomic E-state index is 4.91. The van der Waals surface area contributed by atoms with E-state index < -0.39 is 0 Å². The summed E-state index contributed by atoms with van der Waals surface area (Å²) < 4.78 is 4.91. The van der Waals surface area contributed by atoms with E-state index in [1.807, 2.05) is 6.92 Å². The molecule has 0 amide bonds. The molecule has 0 aliphatic heterocycles. The van der Waals surface area contributed by atoms with Crippen LogP contribution in [0.2, 0.25) is 0 Å². The first-order valence-corrected chi connectivity index (χ1v) is 5.28. The Balaban J connectivity index is 1.87. The predicted molar refractivity (Wildman–Crippen MR) is 52.7 cm³/mol. The molecule has 1 aliphatic carbocycles. The predicted octanol–water partition coefficient (Wildman–Crippen LogP) is 1.80. The highest BCUT2D eigenvalue weighted by Crippen LogP contribution is 2.34. The zero-order chi connectivity index (χ0) is 10.0. The highest BCUT2D eigenvalue weighted by molar-refractivity contribution is 4.96. The number of nitrogens with zero attached hydrogens (tertiary/aromatic N) is 2. The molecule has 1 heterocycles. The molecule has 1 saturated carbocycles. The Kier molecular flexibility index (Phi) is 2.54. The molecule has 0 aromatic carbocycles. The second kappa shape index (κ2) is 3.69. The number of aryl methyl sites for hydroxylation is 1. The first kappa shape index (κ1) is 9.65. The summed E-state index contributed by atoms with van der Waals surface area (Å²) in [5.74, 6) is 1.41. The smallest absolute Gasteiger partial charge is 0.223 e. The molecule has 78 valence electrons. The molecule has 2 rings (SSSR count). The second-order valence-corrected chi connectivity index (χ2v) is 4.07. The van der Waals surface area contributed by atoms with Crippen molar-refractivity contribution in [1.82, 2.24) is 15.5 Å². The fraction of sp³-hybridized carbons (Fsp3) is 0.800. The van der Waals surface area contributed by atoms with Crippen molar-refractivity contribution in [3.8, 4) is 0 Å². The highest BCUT2D eigenvalue weighted by atomic mass is 16.5. The monoisotopic (exact) mass is 195 g/mol. The molecular formula is C10H17N3O. The van der Waals surface area contributed by atoms with Crippen LogP contribution < -0.4 is 5.32 Å². The van der Waals surface area contributed by atoms with E-state index in [0.29, 0.717) is 11.4 Å². The Morgan fingerprint density at radius 1 is 1.50 bits per heavy atom. The minimum atomic E-state index is 0.356. The maximum absolute atomic E-state index is 4.91. The summed E-state index contributed by atoms with van der Waals surface area (Å²) >= 11 is 0. The molecule has 0 unspecified atom stereocenters. The molecule has 0 atom stereocenters. The summed E-state index contributed by atoms with van der Waals surface area (Å²) in [5, 5.41) is 7.39. The van der Waals surface area contributed by atoms with Gasteiger partial charge < -0.3 is 9.84 Å². The van der Waals surface area contributed by atoms with Gasteiger partial charge in [0.2, 0.25) is 5.89 Å². The summed E-state index contributed by atoms with van der Waals surface area (Å²) in [5.41, 5.74) is 0.356. The lowest BCUT2D eigenvalue weighted by Gasteiger charge is -2.42. The molecule has 4 nitrogen and oxygen atoms in total. The van der Waals surface area contributed by atoms with E-state index in [0.717, 1.165) is 12.4 Å². The fourth-order valence-electron chi connectivity index (χ4n) is 1.94. The van der Waals surface area contributed by atoms with Gasteiger partial charge >= 0.3 is 0 Å². The molecule has 0 saturated heterocycles. The number of hydrogen-bond acceptors (Lipinski definition) is 4. The van der Waals surface area contributed by atoms with Crippen molar-refractivity contribution in [2.75, 3.05) is 0 Å². The largest absolute Gasteiger partial charge is 0.340 e. The summed E-state index contributed by atoms with van der Waals surface area (Å²) in [6, 6.07) is 0. The Bertz CT molecular complexity index is 299. The zero-order valence-electron chi connectivity index (χ0n) is 8.84. The van der Waals surface area contributed by atoms with Gasteiger partial charge in [-0.15, -0.1) is 0 Å². The van der Waals surface area contributed by atoms with Gasteiger partial charge in [-0.1, -0.05) is 12.1 Å². The number of rotatable bonds is 4. The molecule has 0 spiro atoms. The van der Waals surface area contributed by atoms with Gasteiger partial charge in [0.1, 0.15) is 0 Å². The van der Waals surface area contributed by atoms with E-state index in [1.165, 1.54) is 25.7 Å². The van der Waals surface area contributed by atoms with Crippen LogP contribution in [0.1, 0.15) is 44.3 Å². The Morgan fingerprint density at radius 3 is 2.71 bits per heavy atom. The van der Waals surface area contributed by atoms with Crippen molar-refractivity contribution in [3.05, 3.63) is 11.7 Å². The molecule has 4 heteroatoms. The second-order valence-electron chi connectivity index (χ2n) is 4.07. The molecule has 0 radical (unpaired) electrons. The van der Waals surface area contributed by atoms with Crippen LogP contribution in [-0.4, -0.2) is 15.7 Å². The molecule has 1 aliphatic rings. The molecule has 0 bridgehead atoms. The maximum Gasteiger partial charge on any atom is 0.223 e. The van der Waals surface area contributed by atoms with E-state index in [-0.39, 0.29) is 0 Å². The van der Waals surface area contributed by atoms with Crippen molar-refractivity contribution < 1.29 is 4.52 Å². The third-order valence-electron chi connectivity index (χ3n) is 3.18. The summed E-state index contributed by atoms with van der Waals surface area (Å²) in [7, 11) is 0. The number of hydrogen-bond donors (Lipinski definition) is 1. The van der Waals surface area contributed by atoms with E-state index in [1.54, 1.807) is 0 Å². The van der Waals surface area contributed by atoms with Gasteiger partial charge in [0, 0.05) is 12.5 Å². The molecule has 1 aromatic heterocycles. The highest BCUT2D eigenvalue weighted by Gasteiger charge is 2.34. The van der Waals surface area contributed by atoms with E-state index in [9.17, 15) is 0 Å². The van der Waals surface area contributed by atoms with Crippen LogP contribution in [-0.2, 0) is 6.54 Å². The van der Waals surface area contributed by atoms with Crippen molar-refractivity contribution in [3.63, 3.8) is 0 Å². The lowest BCUT2D eigenvalue weighted by atomic mass is 9.75. The van der Waals surface area contributed by atoms with Crippen molar-refractivity contribution in [2.45, 2.75) is 51.6 Å². The first-order valence-electron chi connectivity index (χ1n) is 5.28. The summed E-state index contributed by atoms with van der Waals surface area (Å²) in [4.78, 5) is 4.17. The van der Waals surface area contributed by atoms with Crippen LogP contribution >= 0.6 is 0 Å². The zero-order valence-corrected chi connectivity index (χ0v) is 8.84. The van der Waals surface area contributed by atoms with Gasteiger partial charge in [-0.3, -0.25) is 0 Å². The van der Waals surface area contributed by atoms with E-state index in [4.69, 9.17) is 4.52 Å². The van der Waals surface area contributed by atoms with Gasteiger partial charge in [0.25, 0.3) is 0 Å². The average molecular weight is 195 g/mol.